The summed E-state index contributed by atoms with van der Waals surface area (Å²) in [6.07, 6.45) is 0.459. The summed E-state index contributed by atoms with van der Waals surface area (Å²) in [6.45, 7) is 1.65. The number of hydrogen-bond donors (Lipinski definition) is 1. The van der Waals surface area contributed by atoms with Crippen LogP contribution in [0.1, 0.15) is 39.8 Å². The highest BCUT2D eigenvalue weighted by atomic mass is 19.2. The summed E-state index contributed by atoms with van der Waals surface area (Å²) < 4.78 is 32.5. The Balaban J connectivity index is 1.67. The average molecular weight is 349 g/mol. The van der Waals surface area contributed by atoms with Crippen molar-refractivity contribution in [3.8, 4) is 0 Å². The first-order valence-corrected chi connectivity index (χ1v) is 7.81. The number of nitrogens with zero attached hydrogens (tertiary/aromatic N) is 1. The van der Waals surface area contributed by atoms with Gasteiger partial charge in [-0.25, -0.2) is 13.6 Å². The molecule has 1 fully saturated rings. The maximum Gasteiger partial charge on any atom is 0.339 e. The largest absolute Gasteiger partial charge is 0.478 e. The topological polar surface area (TPSA) is 70.8 Å². The molecule has 1 aromatic heterocycles. The van der Waals surface area contributed by atoms with Crippen molar-refractivity contribution in [1.82, 2.24) is 4.90 Å². The lowest BCUT2D eigenvalue weighted by molar-refractivity contribution is -0.132. The number of benzene rings is 1. The summed E-state index contributed by atoms with van der Waals surface area (Å²) in [5.41, 5.74) is 0.274. The number of aromatic carboxylic acids is 1. The lowest BCUT2D eigenvalue weighted by atomic mass is 10.1. The van der Waals surface area contributed by atoms with Crippen LogP contribution in [0.25, 0.3) is 0 Å². The van der Waals surface area contributed by atoms with Crippen molar-refractivity contribution in [2.75, 3.05) is 7.05 Å². The van der Waals surface area contributed by atoms with E-state index in [0.29, 0.717) is 12.2 Å². The zero-order valence-electron chi connectivity index (χ0n) is 13.8. The number of carbonyl (C=O) groups is 2. The first-order valence-electron chi connectivity index (χ1n) is 7.81. The van der Waals surface area contributed by atoms with E-state index in [4.69, 9.17) is 9.52 Å². The van der Waals surface area contributed by atoms with E-state index in [-0.39, 0.29) is 35.3 Å². The van der Waals surface area contributed by atoms with Crippen LogP contribution in [0.15, 0.2) is 28.7 Å². The molecule has 2 unspecified atom stereocenters. The van der Waals surface area contributed by atoms with E-state index >= 15 is 0 Å². The van der Waals surface area contributed by atoms with Crippen LogP contribution in [-0.4, -0.2) is 28.9 Å². The molecule has 0 saturated heterocycles. The Bertz CT molecular complexity index is 846. The van der Waals surface area contributed by atoms with Gasteiger partial charge in [0, 0.05) is 13.0 Å². The Morgan fingerprint density at radius 2 is 2.08 bits per heavy atom. The Morgan fingerprint density at radius 3 is 2.72 bits per heavy atom. The average Bonchev–Trinajstić information content (AvgIpc) is 3.25. The first-order chi connectivity index (χ1) is 11.8. The van der Waals surface area contributed by atoms with Gasteiger partial charge in [-0.15, -0.1) is 0 Å². The van der Waals surface area contributed by atoms with Gasteiger partial charge in [0.15, 0.2) is 11.6 Å². The fourth-order valence-corrected chi connectivity index (χ4v) is 3.05. The molecule has 1 aliphatic carbocycles. The van der Waals surface area contributed by atoms with Crippen LogP contribution < -0.4 is 0 Å². The number of amides is 1. The monoisotopic (exact) mass is 349 g/mol. The van der Waals surface area contributed by atoms with E-state index in [1.54, 1.807) is 14.0 Å². The molecule has 25 heavy (non-hydrogen) atoms. The number of carboxylic acids is 1. The van der Waals surface area contributed by atoms with Gasteiger partial charge in [0.1, 0.15) is 17.1 Å². The van der Waals surface area contributed by atoms with Crippen molar-refractivity contribution in [3.63, 3.8) is 0 Å². The lowest BCUT2D eigenvalue weighted by Crippen LogP contribution is -2.28. The Hall–Kier alpha value is -2.70. The van der Waals surface area contributed by atoms with Gasteiger partial charge in [-0.3, -0.25) is 4.79 Å². The predicted molar refractivity (Wildman–Crippen MR) is 84.1 cm³/mol. The molecule has 0 aliphatic heterocycles. The highest BCUT2D eigenvalue weighted by Gasteiger charge is 2.46. The molecule has 5 nitrogen and oxygen atoms in total. The molecular weight excluding hydrogens is 332 g/mol. The summed E-state index contributed by atoms with van der Waals surface area (Å²) in [5.74, 6) is -3.23. The molecule has 3 rings (SSSR count). The molecule has 1 amide bonds. The molecule has 7 heteroatoms. The number of hydrogen-bond acceptors (Lipinski definition) is 3. The van der Waals surface area contributed by atoms with Crippen molar-refractivity contribution in [3.05, 3.63) is 58.5 Å². The number of aryl methyl sites for hydroxylation is 1. The van der Waals surface area contributed by atoms with Gasteiger partial charge >= 0.3 is 5.97 Å². The maximum absolute atomic E-state index is 13.8. The van der Waals surface area contributed by atoms with E-state index in [0.717, 1.165) is 6.07 Å². The molecule has 0 spiro atoms. The van der Waals surface area contributed by atoms with Crippen LogP contribution >= 0.6 is 0 Å². The highest BCUT2D eigenvalue weighted by molar-refractivity contribution is 5.89. The molecule has 1 aliphatic rings. The molecule has 2 atom stereocenters. The Kier molecular flexibility index (Phi) is 4.32. The number of rotatable bonds is 5. The zero-order chi connectivity index (χ0) is 18.3. The van der Waals surface area contributed by atoms with Crippen LogP contribution in [0.3, 0.4) is 0 Å². The molecule has 1 aromatic carbocycles. The predicted octanol–water partition coefficient (Wildman–Crippen LogP) is 3.33. The summed E-state index contributed by atoms with van der Waals surface area (Å²) >= 11 is 0. The van der Waals surface area contributed by atoms with Gasteiger partial charge in [-0.1, -0.05) is 12.1 Å². The standard InChI is InChI=1S/C18H17F2NO4/c1-9-12(18(23)24)6-10(25-9)8-21(2)17(22)14-7-13(14)11-4-3-5-15(19)16(11)20/h3-6,13-14H,7-8H2,1-2H3,(H,23,24). The quantitative estimate of drug-likeness (QED) is 0.899. The van der Waals surface area contributed by atoms with Gasteiger partial charge in [-0.05, 0) is 37.0 Å². The number of halogens is 2. The van der Waals surface area contributed by atoms with Crippen molar-refractivity contribution in [2.24, 2.45) is 5.92 Å². The smallest absolute Gasteiger partial charge is 0.339 e. The van der Waals surface area contributed by atoms with Crippen LogP contribution in [0, 0.1) is 24.5 Å². The molecule has 1 saturated carbocycles. The van der Waals surface area contributed by atoms with Gasteiger partial charge < -0.3 is 14.4 Å². The van der Waals surface area contributed by atoms with Crippen LogP contribution in [-0.2, 0) is 11.3 Å². The Morgan fingerprint density at radius 1 is 1.36 bits per heavy atom. The summed E-state index contributed by atoms with van der Waals surface area (Å²) in [4.78, 5) is 24.9. The molecule has 0 radical (unpaired) electrons. The van der Waals surface area contributed by atoms with Crippen molar-refractivity contribution < 1.29 is 27.9 Å². The van der Waals surface area contributed by atoms with E-state index in [9.17, 15) is 18.4 Å². The molecule has 2 aromatic rings. The SMILES string of the molecule is Cc1oc(CN(C)C(=O)C2CC2c2cccc(F)c2F)cc1C(=O)O. The van der Waals surface area contributed by atoms with Crippen molar-refractivity contribution >= 4 is 11.9 Å². The second kappa shape index (κ2) is 6.31. The Labute approximate surface area is 142 Å². The minimum Gasteiger partial charge on any atom is -0.478 e. The third kappa shape index (κ3) is 3.26. The first kappa shape index (κ1) is 17.1. The molecule has 1 N–H and O–H groups in total. The summed E-state index contributed by atoms with van der Waals surface area (Å²) in [6, 6.07) is 5.35. The number of carboxylic acid groups (broad SMARTS) is 1. The second-order valence-corrected chi connectivity index (χ2v) is 6.27. The fraction of sp³-hybridized carbons (Fsp3) is 0.333. The minimum absolute atomic E-state index is 0.0574. The summed E-state index contributed by atoms with van der Waals surface area (Å²) in [7, 11) is 1.57. The van der Waals surface area contributed by atoms with Gasteiger partial charge in [0.25, 0.3) is 0 Å². The third-order valence-electron chi connectivity index (χ3n) is 4.46. The third-order valence-corrected chi connectivity index (χ3v) is 4.46. The molecule has 0 bridgehead atoms. The lowest BCUT2D eigenvalue weighted by Gasteiger charge is -2.16. The van der Waals surface area contributed by atoms with E-state index in [1.165, 1.54) is 23.1 Å². The molecule has 1 heterocycles. The number of furan rings is 1. The zero-order valence-corrected chi connectivity index (χ0v) is 13.8. The van der Waals surface area contributed by atoms with Crippen LogP contribution in [0.4, 0.5) is 8.78 Å². The minimum atomic E-state index is -1.09. The van der Waals surface area contributed by atoms with E-state index in [2.05, 4.69) is 0 Å². The van der Waals surface area contributed by atoms with Crippen molar-refractivity contribution in [1.29, 1.82) is 0 Å². The van der Waals surface area contributed by atoms with Gasteiger partial charge in [0.2, 0.25) is 5.91 Å². The van der Waals surface area contributed by atoms with Crippen LogP contribution in [0.5, 0.6) is 0 Å². The summed E-state index contributed by atoms with van der Waals surface area (Å²) in [5, 5.41) is 9.02. The number of carbonyl (C=O) groups excluding carboxylic acids is 1. The normalized spacial score (nSPS) is 18.9. The van der Waals surface area contributed by atoms with E-state index in [1.807, 2.05) is 0 Å². The highest BCUT2D eigenvalue weighted by Crippen LogP contribution is 2.49. The van der Waals surface area contributed by atoms with Crippen LogP contribution in [0.2, 0.25) is 0 Å². The fourth-order valence-electron chi connectivity index (χ4n) is 3.05. The second-order valence-electron chi connectivity index (χ2n) is 6.27. The van der Waals surface area contributed by atoms with Gasteiger partial charge in [0.05, 0.1) is 6.54 Å². The molecule has 132 valence electrons. The van der Waals surface area contributed by atoms with E-state index < -0.39 is 23.5 Å². The van der Waals surface area contributed by atoms with Gasteiger partial charge in [-0.2, -0.15) is 0 Å². The maximum atomic E-state index is 13.8. The van der Waals surface area contributed by atoms with Crippen molar-refractivity contribution in [2.45, 2.75) is 25.8 Å². The molecular formula is C18H17F2NO4.